The molecule has 0 saturated carbocycles. The van der Waals surface area contributed by atoms with Gasteiger partial charge in [-0.15, -0.1) is 0 Å². The molecule has 97 valence electrons. The molecular weight excluding hydrogens is 383 g/mol. The van der Waals surface area contributed by atoms with Crippen molar-refractivity contribution in [2.45, 2.75) is 0 Å². The standard InChI is InChI=1S/C15H16NPSe2/c1-2-13-16-19-17(18,14-9-5-3-6-10-14)15-11-7-4-8-12-15/h2-12,16H,1,13H2/q+1/p+1. The quantitative estimate of drug-likeness (QED) is 0.323. The monoisotopic (exact) mass is 402 g/mol. The zero-order valence-electron chi connectivity index (χ0n) is 10.6. The summed E-state index contributed by atoms with van der Waals surface area (Å²) in [4.78, 5) is 0. The molecule has 1 radical (unpaired) electrons. The van der Waals surface area contributed by atoms with Crippen LogP contribution in [0.1, 0.15) is 0 Å². The Morgan fingerprint density at radius 1 is 1.00 bits per heavy atom. The molecule has 0 atom stereocenters. The molecule has 0 spiro atoms. The number of quaternary nitrogens is 1. The van der Waals surface area contributed by atoms with Gasteiger partial charge in [-0.1, -0.05) is 0 Å². The first-order chi connectivity index (χ1) is 9.27. The number of hydrogen-bond donors (Lipinski definition) is 1. The van der Waals surface area contributed by atoms with Gasteiger partial charge in [-0.05, 0) is 0 Å². The van der Waals surface area contributed by atoms with Gasteiger partial charge in [0.25, 0.3) is 0 Å². The fourth-order valence-electron chi connectivity index (χ4n) is 1.74. The molecule has 0 aliphatic heterocycles. The molecule has 0 saturated heterocycles. The Morgan fingerprint density at radius 2 is 1.47 bits per heavy atom. The zero-order chi connectivity index (χ0) is 13.6. The Morgan fingerprint density at radius 3 is 1.89 bits per heavy atom. The number of nitrogens with two attached hydrogens (primary N) is 1. The molecule has 0 aliphatic rings. The molecule has 2 rings (SSSR count). The van der Waals surface area contributed by atoms with Gasteiger partial charge in [-0.25, -0.2) is 0 Å². The molecule has 0 unspecified atom stereocenters. The Kier molecular flexibility index (Phi) is 5.85. The van der Waals surface area contributed by atoms with Crippen molar-refractivity contribution >= 4 is 45.6 Å². The molecule has 0 aliphatic carbocycles. The van der Waals surface area contributed by atoms with Crippen LogP contribution >= 0.6 is 4.64 Å². The van der Waals surface area contributed by atoms with Crippen LogP contribution in [0.15, 0.2) is 73.3 Å². The summed E-state index contributed by atoms with van der Waals surface area (Å²) in [6.07, 6.45) is 1.97. The topological polar surface area (TPSA) is 16.6 Å². The van der Waals surface area contributed by atoms with Crippen LogP contribution in [0.4, 0.5) is 0 Å². The molecule has 0 fully saturated rings. The normalized spacial score (nSPS) is 11.2. The van der Waals surface area contributed by atoms with Gasteiger partial charge < -0.3 is 0 Å². The molecule has 0 heterocycles. The first-order valence-electron chi connectivity index (χ1n) is 6.09. The summed E-state index contributed by atoms with van der Waals surface area (Å²) < 4.78 is 1.02. The van der Waals surface area contributed by atoms with Crippen LogP contribution in [0.2, 0.25) is 0 Å². The zero-order valence-corrected chi connectivity index (χ0v) is 14.9. The number of rotatable bonds is 6. The van der Waals surface area contributed by atoms with E-state index in [1.54, 1.807) is 0 Å². The fraction of sp³-hybridized carbons (Fsp3) is 0.0667. The summed E-state index contributed by atoms with van der Waals surface area (Å²) >= 11 is 4.00. The maximum absolute atomic E-state index is 3.81. The molecule has 2 aromatic carbocycles. The third-order valence-electron chi connectivity index (χ3n) is 2.68. The molecule has 0 bridgehead atoms. The van der Waals surface area contributed by atoms with Crippen LogP contribution in [-0.4, -0.2) is 36.8 Å². The van der Waals surface area contributed by atoms with Crippen LogP contribution in [0, 0.1) is 0 Å². The first-order valence-corrected chi connectivity index (χ1v) is 13.3. The Balaban J connectivity index is 2.35. The van der Waals surface area contributed by atoms with Crippen molar-refractivity contribution in [3.63, 3.8) is 0 Å². The molecule has 1 nitrogen and oxygen atoms in total. The van der Waals surface area contributed by atoms with E-state index in [0.29, 0.717) is 14.7 Å². The summed E-state index contributed by atoms with van der Waals surface area (Å²) in [5.41, 5.74) is 0. The molecule has 0 amide bonds. The van der Waals surface area contributed by atoms with Gasteiger partial charge in [0.05, 0.1) is 0 Å². The van der Waals surface area contributed by atoms with Gasteiger partial charge in [0, 0.05) is 0 Å². The third kappa shape index (κ3) is 3.80. The maximum atomic E-state index is 3.81. The van der Waals surface area contributed by atoms with Gasteiger partial charge in [-0.3, -0.25) is 0 Å². The fourth-order valence-corrected chi connectivity index (χ4v) is 12.4. The van der Waals surface area contributed by atoms with Crippen molar-refractivity contribution in [2.75, 3.05) is 6.54 Å². The second kappa shape index (κ2) is 7.41. The van der Waals surface area contributed by atoms with Crippen molar-refractivity contribution in [3.05, 3.63) is 73.3 Å². The van der Waals surface area contributed by atoms with Gasteiger partial charge in [-0.2, -0.15) is 0 Å². The summed E-state index contributed by atoms with van der Waals surface area (Å²) in [5.74, 6) is 0. The van der Waals surface area contributed by atoms with Crippen LogP contribution < -0.4 is 14.9 Å². The van der Waals surface area contributed by atoms with Crippen molar-refractivity contribution < 1.29 is 4.33 Å². The van der Waals surface area contributed by atoms with Crippen LogP contribution in [0.5, 0.6) is 0 Å². The molecule has 2 aromatic rings. The minimum atomic E-state index is -1.37. The van der Waals surface area contributed by atoms with E-state index in [4.69, 9.17) is 0 Å². The van der Waals surface area contributed by atoms with Crippen LogP contribution in [-0.2, 0) is 0 Å². The average Bonchev–Trinajstić information content (AvgIpc) is 2.49. The molecule has 0 aromatic heterocycles. The average molecular weight is 400 g/mol. The second-order valence-electron chi connectivity index (χ2n) is 4.02. The summed E-state index contributed by atoms with van der Waals surface area (Å²) in [6, 6.07) is 21.7. The Labute approximate surface area is 129 Å². The summed E-state index contributed by atoms with van der Waals surface area (Å²) in [7, 11) is 0. The Hall–Kier alpha value is -0.391. The number of hydrogen-bond acceptors (Lipinski definition) is 0. The van der Waals surface area contributed by atoms with E-state index >= 15 is 0 Å². The third-order valence-corrected chi connectivity index (χ3v) is 16.4. The minimum absolute atomic E-state index is 0.448. The van der Waals surface area contributed by atoms with E-state index in [2.05, 4.69) is 87.1 Å². The van der Waals surface area contributed by atoms with Gasteiger partial charge in [0.2, 0.25) is 0 Å². The van der Waals surface area contributed by atoms with E-state index in [0.717, 1.165) is 6.54 Å². The van der Waals surface area contributed by atoms with E-state index in [-0.39, 0.29) is 0 Å². The van der Waals surface area contributed by atoms with E-state index in [1.165, 1.54) is 10.6 Å². The number of benzene rings is 2. The van der Waals surface area contributed by atoms with Gasteiger partial charge >= 0.3 is 130 Å². The predicted octanol–water partition coefficient (Wildman–Crippen LogP) is 1.02. The van der Waals surface area contributed by atoms with Crippen molar-refractivity contribution in [1.82, 2.24) is 0 Å². The SMILES string of the molecule is C=CC[NH2+][Se][P+]([Se])(c1ccccc1)c1ccccc1. The van der Waals surface area contributed by atoms with Gasteiger partial charge in [0.1, 0.15) is 0 Å². The van der Waals surface area contributed by atoms with Gasteiger partial charge in [0.15, 0.2) is 0 Å². The van der Waals surface area contributed by atoms with E-state index in [1.807, 2.05) is 6.08 Å². The van der Waals surface area contributed by atoms with Crippen molar-refractivity contribution in [1.29, 1.82) is 0 Å². The molecule has 19 heavy (non-hydrogen) atoms. The van der Waals surface area contributed by atoms with Crippen molar-refractivity contribution in [3.8, 4) is 0 Å². The Bertz CT molecular complexity index is 477. The summed E-state index contributed by atoms with van der Waals surface area (Å²) in [6.45, 7) is 4.80. The van der Waals surface area contributed by atoms with Crippen LogP contribution in [0.3, 0.4) is 0 Å². The predicted molar refractivity (Wildman–Crippen MR) is 87.6 cm³/mol. The molecular formula is C15H17NPSe2+2. The van der Waals surface area contributed by atoms with Crippen LogP contribution in [0.25, 0.3) is 0 Å². The summed E-state index contributed by atoms with van der Waals surface area (Å²) in [5, 5.41) is 2.89. The second-order valence-corrected chi connectivity index (χ2v) is 18.8. The first kappa shape index (κ1) is 15.0. The molecule has 4 heteroatoms. The van der Waals surface area contributed by atoms with Crippen molar-refractivity contribution in [2.24, 2.45) is 0 Å². The van der Waals surface area contributed by atoms with E-state index < -0.39 is 4.64 Å². The molecule has 2 N–H and O–H groups in total. The van der Waals surface area contributed by atoms with E-state index in [9.17, 15) is 0 Å².